The van der Waals surface area contributed by atoms with Crippen LogP contribution in [0, 0.1) is 0 Å². The molecule has 5 heteroatoms. The molecular formula is C13H10Cl2O2S. The Labute approximate surface area is 116 Å². The van der Waals surface area contributed by atoms with E-state index in [9.17, 15) is 8.42 Å². The molecule has 0 aliphatic rings. The van der Waals surface area contributed by atoms with Gasteiger partial charge in [0.15, 0.2) is 0 Å². The lowest BCUT2D eigenvalue weighted by atomic mass is 10.1. The molecule has 0 spiro atoms. The molecule has 2 aromatic carbocycles. The average Bonchev–Trinajstić information content (AvgIpc) is 2.32. The van der Waals surface area contributed by atoms with Crippen molar-refractivity contribution in [3.05, 3.63) is 64.7 Å². The minimum Gasteiger partial charge on any atom is -0.207 e. The van der Waals surface area contributed by atoms with Crippen LogP contribution in [0.2, 0.25) is 5.02 Å². The molecule has 0 heterocycles. The Morgan fingerprint density at radius 2 is 1.67 bits per heavy atom. The summed E-state index contributed by atoms with van der Waals surface area (Å²) in [5, 5.41) is 0.403. The lowest BCUT2D eigenvalue weighted by Crippen LogP contribution is -1.94. The normalized spacial score (nSPS) is 11.4. The monoisotopic (exact) mass is 300 g/mol. The smallest absolute Gasteiger partial charge is 0.207 e. The zero-order valence-corrected chi connectivity index (χ0v) is 11.6. The molecule has 0 atom stereocenters. The first-order valence-electron chi connectivity index (χ1n) is 5.24. The predicted octanol–water partition coefficient (Wildman–Crippen LogP) is 3.86. The highest BCUT2D eigenvalue weighted by molar-refractivity contribution is 8.13. The Bertz CT molecular complexity index is 652. The van der Waals surface area contributed by atoms with Gasteiger partial charge in [0.05, 0.1) is 4.90 Å². The molecule has 0 aromatic heterocycles. The fraction of sp³-hybridized carbons (Fsp3) is 0.0769. The number of rotatable bonds is 3. The van der Waals surface area contributed by atoms with E-state index in [2.05, 4.69) is 0 Å². The van der Waals surface area contributed by atoms with Crippen LogP contribution in [0.5, 0.6) is 0 Å². The summed E-state index contributed by atoms with van der Waals surface area (Å²) < 4.78 is 22.3. The lowest BCUT2D eigenvalue weighted by molar-refractivity contribution is 0.609. The Morgan fingerprint density at radius 3 is 2.22 bits per heavy atom. The Kier molecular flexibility index (Phi) is 3.95. The first-order chi connectivity index (χ1) is 8.47. The van der Waals surface area contributed by atoms with Crippen molar-refractivity contribution >= 4 is 31.3 Å². The summed E-state index contributed by atoms with van der Waals surface area (Å²) in [6.07, 6.45) is 0.655. The second-order valence-corrected chi connectivity index (χ2v) is 6.83. The van der Waals surface area contributed by atoms with Gasteiger partial charge in [-0.1, -0.05) is 48.0 Å². The van der Waals surface area contributed by atoms with Crippen LogP contribution in [0.25, 0.3) is 0 Å². The zero-order chi connectivity index (χ0) is 13.2. The molecule has 0 unspecified atom stereocenters. The highest BCUT2D eigenvalue weighted by Crippen LogP contribution is 2.25. The summed E-state index contributed by atoms with van der Waals surface area (Å²) in [5.41, 5.74) is 1.98. The number of hydrogen-bond donors (Lipinski definition) is 0. The van der Waals surface area contributed by atoms with Crippen molar-refractivity contribution in [3.8, 4) is 0 Å². The van der Waals surface area contributed by atoms with E-state index in [-0.39, 0.29) is 4.90 Å². The van der Waals surface area contributed by atoms with Crippen molar-refractivity contribution in [1.82, 2.24) is 0 Å². The molecule has 0 fully saturated rings. The van der Waals surface area contributed by atoms with Crippen LogP contribution in [0.1, 0.15) is 11.1 Å². The molecule has 2 aromatic rings. The van der Waals surface area contributed by atoms with E-state index >= 15 is 0 Å². The summed E-state index contributed by atoms with van der Waals surface area (Å²) in [7, 11) is 1.53. The molecule has 0 aliphatic heterocycles. The van der Waals surface area contributed by atoms with Gasteiger partial charge in [0, 0.05) is 15.7 Å². The van der Waals surface area contributed by atoms with Crippen molar-refractivity contribution in [2.24, 2.45) is 0 Å². The van der Waals surface area contributed by atoms with Gasteiger partial charge in [-0.15, -0.1) is 0 Å². The summed E-state index contributed by atoms with van der Waals surface area (Å²) in [5.74, 6) is 0. The van der Waals surface area contributed by atoms with Gasteiger partial charge in [0.1, 0.15) is 0 Å². The van der Waals surface area contributed by atoms with E-state index in [0.29, 0.717) is 11.4 Å². The Balaban J connectivity index is 2.32. The first-order valence-corrected chi connectivity index (χ1v) is 7.92. The van der Waals surface area contributed by atoms with Crippen LogP contribution in [0.15, 0.2) is 53.4 Å². The topological polar surface area (TPSA) is 34.1 Å². The van der Waals surface area contributed by atoms with Crippen LogP contribution in [0.4, 0.5) is 0 Å². The van der Waals surface area contributed by atoms with Crippen molar-refractivity contribution in [1.29, 1.82) is 0 Å². The summed E-state index contributed by atoms with van der Waals surface area (Å²) in [6.45, 7) is 0. The average molecular weight is 301 g/mol. The molecule has 0 aliphatic carbocycles. The van der Waals surface area contributed by atoms with Crippen molar-refractivity contribution in [3.63, 3.8) is 0 Å². The van der Waals surface area contributed by atoms with Crippen molar-refractivity contribution < 1.29 is 8.42 Å². The van der Waals surface area contributed by atoms with Crippen LogP contribution in [-0.2, 0) is 15.5 Å². The molecule has 0 amide bonds. The first kappa shape index (κ1) is 13.4. The fourth-order valence-corrected chi connectivity index (χ4v) is 2.73. The van der Waals surface area contributed by atoms with Crippen LogP contribution in [-0.4, -0.2) is 8.42 Å². The molecule has 0 N–H and O–H groups in total. The molecule has 18 heavy (non-hydrogen) atoms. The number of hydrogen-bond acceptors (Lipinski definition) is 2. The van der Waals surface area contributed by atoms with E-state index in [1.807, 2.05) is 30.3 Å². The quantitative estimate of drug-likeness (QED) is 0.807. The summed E-state index contributed by atoms with van der Waals surface area (Å²) in [6, 6.07) is 14.3. The third-order valence-electron chi connectivity index (χ3n) is 2.54. The SMILES string of the molecule is O=S(=O)(Cl)c1ccc(Cc2ccccc2)c(Cl)c1. The lowest BCUT2D eigenvalue weighted by Gasteiger charge is -2.06. The van der Waals surface area contributed by atoms with Gasteiger partial charge in [-0.2, -0.15) is 0 Å². The third-order valence-corrected chi connectivity index (χ3v) is 4.25. The number of benzene rings is 2. The third kappa shape index (κ3) is 3.25. The summed E-state index contributed by atoms with van der Waals surface area (Å²) in [4.78, 5) is 0.0194. The molecule has 2 rings (SSSR count). The van der Waals surface area contributed by atoms with Crippen molar-refractivity contribution in [2.45, 2.75) is 11.3 Å². The maximum atomic E-state index is 11.2. The van der Waals surface area contributed by atoms with Gasteiger partial charge in [-0.25, -0.2) is 8.42 Å². The molecule has 0 radical (unpaired) electrons. The maximum absolute atomic E-state index is 11.2. The van der Waals surface area contributed by atoms with Crippen LogP contribution in [0.3, 0.4) is 0 Å². The molecular weight excluding hydrogens is 291 g/mol. The highest BCUT2D eigenvalue weighted by atomic mass is 35.7. The number of halogens is 2. The second-order valence-electron chi connectivity index (χ2n) is 3.85. The maximum Gasteiger partial charge on any atom is 0.261 e. The van der Waals surface area contributed by atoms with Gasteiger partial charge in [-0.3, -0.25) is 0 Å². The molecule has 0 bridgehead atoms. The minimum atomic E-state index is -3.73. The molecule has 0 saturated heterocycles. The van der Waals surface area contributed by atoms with E-state index in [4.69, 9.17) is 22.3 Å². The Morgan fingerprint density at radius 1 is 1.00 bits per heavy atom. The van der Waals surface area contributed by atoms with Gasteiger partial charge in [0.2, 0.25) is 0 Å². The van der Waals surface area contributed by atoms with Gasteiger partial charge in [0.25, 0.3) is 9.05 Å². The van der Waals surface area contributed by atoms with E-state index in [0.717, 1.165) is 11.1 Å². The largest absolute Gasteiger partial charge is 0.261 e. The van der Waals surface area contributed by atoms with Crippen molar-refractivity contribution in [2.75, 3.05) is 0 Å². The fourth-order valence-electron chi connectivity index (χ4n) is 1.64. The summed E-state index contributed by atoms with van der Waals surface area (Å²) >= 11 is 6.06. The van der Waals surface area contributed by atoms with E-state index in [1.54, 1.807) is 6.07 Å². The van der Waals surface area contributed by atoms with Gasteiger partial charge < -0.3 is 0 Å². The molecule has 0 saturated carbocycles. The molecule has 94 valence electrons. The predicted molar refractivity (Wildman–Crippen MR) is 73.7 cm³/mol. The van der Waals surface area contributed by atoms with E-state index < -0.39 is 9.05 Å². The zero-order valence-electron chi connectivity index (χ0n) is 9.31. The Hall–Kier alpha value is -1.03. The van der Waals surface area contributed by atoms with Crippen LogP contribution >= 0.6 is 22.3 Å². The van der Waals surface area contributed by atoms with E-state index in [1.165, 1.54) is 12.1 Å². The van der Waals surface area contributed by atoms with Gasteiger partial charge >= 0.3 is 0 Å². The van der Waals surface area contributed by atoms with Gasteiger partial charge in [-0.05, 0) is 29.7 Å². The standard InChI is InChI=1S/C13H10Cl2O2S/c14-13-9-12(18(15,16)17)7-6-11(13)8-10-4-2-1-3-5-10/h1-7,9H,8H2. The molecule has 2 nitrogen and oxygen atoms in total. The second kappa shape index (κ2) is 5.31. The highest BCUT2D eigenvalue weighted by Gasteiger charge is 2.12. The van der Waals surface area contributed by atoms with Crippen LogP contribution < -0.4 is 0 Å². The minimum absolute atomic E-state index is 0.0194.